The number of rotatable bonds is 4. The minimum absolute atomic E-state index is 0.129. The van der Waals surface area contributed by atoms with Crippen LogP contribution in [0.15, 0.2) is 59.6 Å². The first-order valence-electron chi connectivity index (χ1n) is 7.79. The van der Waals surface area contributed by atoms with Gasteiger partial charge < -0.3 is 0 Å². The molecule has 118 valence electrons. The number of amidine groups is 1. The zero-order chi connectivity index (χ0) is 16.1. The topological polar surface area (TPSA) is 32.7 Å². The van der Waals surface area contributed by atoms with E-state index in [9.17, 15) is 4.79 Å². The highest BCUT2D eigenvalue weighted by Crippen LogP contribution is 2.21. The first kappa shape index (κ1) is 15.8. The van der Waals surface area contributed by atoms with Crippen molar-refractivity contribution in [1.82, 2.24) is 4.90 Å². The van der Waals surface area contributed by atoms with Crippen LogP contribution in [0.4, 0.5) is 0 Å². The largest absolute Gasteiger partial charge is 0.289 e. The number of thioether (sulfide) groups is 1. The highest BCUT2D eigenvalue weighted by molar-refractivity contribution is 8.13. The maximum atomic E-state index is 12.5. The molecular weight excluding hydrogens is 304 g/mol. The van der Waals surface area contributed by atoms with Crippen LogP contribution >= 0.6 is 11.8 Å². The van der Waals surface area contributed by atoms with E-state index < -0.39 is 0 Å². The molecule has 0 saturated carbocycles. The number of nitrogens with zero attached hydrogens (tertiary/aromatic N) is 2. The number of hydrogen-bond donors (Lipinski definition) is 0. The first-order valence-corrected chi connectivity index (χ1v) is 8.78. The second-order valence-corrected chi connectivity index (χ2v) is 6.59. The Bertz CT molecular complexity index is 712. The SMILES string of the molecule is Cc1cccc(CSC2=NCCN2C(=O)Cc2ccccc2)c1. The third-order valence-corrected chi connectivity index (χ3v) is 4.84. The average Bonchev–Trinajstić information content (AvgIpc) is 3.03. The van der Waals surface area contributed by atoms with Crippen molar-refractivity contribution in [3.8, 4) is 0 Å². The molecule has 0 atom stereocenters. The van der Waals surface area contributed by atoms with Gasteiger partial charge in [-0.05, 0) is 18.1 Å². The minimum atomic E-state index is 0.129. The van der Waals surface area contributed by atoms with E-state index >= 15 is 0 Å². The lowest BCUT2D eigenvalue weighted by atomic mass is 10.1. The van der Waals surface area contributed by atoms with Crippen molar-refractivity contribution in [3.05, 3.63) is 71.3 Å². The Morgan fingerprint density at radius 1 is 1.13 bits per heavy atom. The second-order valence-electron chi connectivity index (χ2n) is 5.65. The summed E-state index contributed by atoms with van der Waals surface area (Å²) in [5.41, 5.74) is 3.57. The summed E-state index contributed by atoms with van der Waals surface area (Å²) < 4.78 is 0. The third kappa shape index (κ3) is 4.23. The van der Waals surface area contributed by atoms with E-state index in [1.165, 1.54) is 11.1 Å². The molecule has 0 saturated heterocycles. The Morgan fingerprint density at radius 2 is 1.91 bits per heavy atom. The van der Waals surface area contributed by atoms with Crippen LogP contribution in [-0.2, 0) is 17.0 Å². The van der Waals surface area contributed by atoms with E-state index in [1.54, 1.807) is 11.8 Å². The summed E-state index contributed by atoms with van der Waals surface area (Å²) in [6, 6.07) is 18.3. The average molecular weight is 324 g/mol. The van der Waals surface area contributed by atoms with Gasteiger partial charge in [0.25, 0.3) is 0 Å². The standard InChI is InChI=1S/C19H20N2OS/c1-15-6-5-9-17(12-15)14-23-19-20-10-11-21(19)18(22)13-16-7-3-2-4-8-16/h2-9,12H,10-11,13-14H2,1H3. The molecule has 1 aliphatic heterocycles. The zero-order valence-electron chi connectivity index (χ0n) is 13.2. The number of aliphatic imine (C=N–C) groups is 1. The summed E-state index contributed by atoms with van der Waals surface area (Å²) in [4.78, 5) is 18.9. The van der Waals surface area contributed by atoms with Gasteiger partial charge in [-0.3, -0.25) is 14.7 Å². The molecule has 0 radical (unpaired) electrons. The van der Waals surface area contributed by atoms with Crippen molar-refractivity contribution >= 4 is 22.8 Å². The molecule has 1 amide bonds. The van der Waals surface area contributed by atoms with Crippen molar-refractivity contribution in [2.75, 3.05) is 13.1 Å². The quantitative estimate of drug-likeness (QED) is 0.859. The summed E-state index contributed by atoms with van der Waals surface area (Å²) in [6.07, 6.45) is 0.435. The van der Waals surface area contributed by atoms with Gasteiger partial charge in [0.05, 0.1) is 13.0 Å². The van der Waals surface area contributed by atoms with Crippen molar-refractivity contribution in [3.63, 3.8) is 0 Å². The Hall–Kier alpha value is -2.07. The maximum absolute atomic E-state index is 12.5. The summed E-state index contributed by atoms with van der Waals surface area (Å²) in [7, 11) is 0. The first-order chi connectivity index (χ1) is 11.2. The van der Waals surface area contributed by atoms with Gasteiger partial charge in [-0.1, -0.05) is 71.9 Å². The van der Waals surface area contributed by atoms with Crippen molar-refractivity contribution < 1.29 is 4.79 Å². The molecule has 0 aromatic heterocycles. The van der Waals surface area contributed by atoms with E-state index in [2.05, 4.69) is 36.2 Å². The van der Waals surface area contributed by atoms with Crippen LogP contribution < -0.4 is 0 Å². The summed E-state index contributed by atoms with van der Waals surface area (Å²) in [6.45, 7) is 3.50. The predicted octanol–water partition coefficient (Wildman–Crippen LogP) is 3.67. The lowest BCUT2D eigenvalue weighted by molar-refractivity contribution is -0.126. The van der Waals surface area contributed by atoms with Crippen LogP contribution in [0.25, 0.3) is 0 Å². The van der Waals surface area contributed by atoms with E-state index in [1.807, 2.05) is 35.2 Å². The Kier molecular flexibility index (Phi) is 5.13. The summed E-state index contributed by atoms with van der Waals surface area (Å²) in [5, 5.41) is 0.854. The zero-order valence-corrected chi connectivity index (χ0v) is 14.1. The van der Waals surface area contributed by atoms with Gasteiger partial charge in [-0.15, -0.1) is 0 Å². The molecule has 0 spiro atoms. The molecule has 2 aromatic rings. The molecule has 0 aliphatic carbocycles. The number of carbonyl (C=O) groups excluding carboxylic acids is 1. The number of aryl methyl sites for hydroxylation is 1. The van der Waals surface area contributed by atoms with Crippen molar-refractivity contribution in [1.29, 1.82) is 0 Å². The molecule has 0 bridgehead atoms. The highest BCUT2D eigenvalue weighted by Gasteiger charge is 2.23. The van der Waals surface area contributed by atoms with Crippen LogP contribution in [-0.4, -0.2) is 29.1 Å². The maximum Gasteiger partial charge on any atom is 0.233 e. The number of amides is 1. The molecule has 23 heavy (non-hydrogen) atoms. The summed E-state index contributed by atoms with van der Waals surface area (Å²) >= 11 is 1.65. The predicted molar refractivity (Wildman–Crippen MR) is 96.6 cm³/mol. The van der Waals surface area contributed by atoms with Crippen molar-refractivity contribution in [2.45, 2.75) is 19.1 Å². The van der Waals surface area contributed by atoms with Crippen LogP contribution in [0.3, 0.4) is 0 Å². The Morgan fingerprint density at radius 3 is 2.70 bits per heavy atom. The van der Waals surface area contributed by atoms with Crippen molar-refractivity contribution in [2.24, 2.45) is 4.99 Å². The molecule has 1 heterocycles. The molecule has 1 aliphatic rings. The van der Waals surface area contributed by atoms with E-state index in [0.717, 1.165) is 16.5 Å². The van der Waals surface area contributed by atoms with E-state index in [-0.39, 0.29) is 5.91 Å². The fraction of sp³-hybridized carbons (Fsp3) is 0.263. The molecule has 2 aromatic carbocycles. The molecule has 3 nitrogen and oxygen atoms in total. The van der Waals surface area contributed by atoms with E-state index in [4.69, 9.17) is 0 Å². The van der Waals surface area contributed by atoms with Gasteiger partial charge in [0.15, 0.2) is 5.17 Å². The number of benzene rings is 2. The fourth-order valence-corrected chi connectivity index (χ4v) is 3.60. The van der Waals surface area contributed by atoms with Gasteiger partial charge in [-0.2, -0.15) is 0 Å². The molecular formula is C19H20N2OS. The summed E-state index contributed by atoms with van der Waals surface area (Å²) in [5.74, 6) is 0.972. The second kappa shape index (κ2) is 7.47. The Balaban J connectivity index is 1.60. The van der Waals surface area contributed by atoms with Crippen LogP contribution in [0.2, 0.25) is 0 Å². The monoisotopic (exact) mass is 324 g/mol. The number of hydrogen-bond acceptors (Lipinski definition) is 3. The highest BCUT2D eigenvalue weighted by atomic mass is 32.2. The normalized spacial score (nSPS) is 14.0. The van der Waals surface area contributed by atoms with E-state index in [0.29, 0.717) is 19.5 Å². The molecule has 0 fully saturated rings. The smallest absolute Gasteiger partial charge is 0.233 e. The van der Waals surface area contributed by atoms with Gasteiger partial charge in [0.2, 0.25) is 5.91 Å². The molecule has 0 unspecified atom stereocenters. The van der Waals surface area contributed by atoms with Gasteiger partial charge >= 0.3 is 0 Å². The van der Waals surface area contributed by atoms with Gasteiger partial charge in [0.1, 0.15) is 0 Å². The minimum Gasteiger partial charge on any atom is -0.289 e. The third-order valence-electron chi connectivity index (χ3n) is 3.75. The van der Waals surface area contributed by atoms with Crippen LogP contribution in [0.5, 0.6) is 0 Å². The molecule has 4 heteroatoms. The van der Waals surface area contributed by atoms with Gasteiger partial charge in [0, 0.05) is 12.3 Å². The van der Waals surface area contributed by atoms with Crippen LogP contribution in [0, 0.1) is 6.92 Å². The number of carbonyl (C=O) groups is 1. The Labute approximate surface area is 141 Å². The lowest BCUT2D eigenvalue weighted by Crippen LogP contribution is -2.34. The molecule has 3 rings (SSSR count). The van der Waals surface area contributed by atoms with Crippen LogP contribution in [0.1, 0.15) is 16.7 Å². The molecule has 0 N–H and O–H groups in total. The fourth-order valence-electron chi connectivity index (χ4n) is 2.60. The van der Waals surface area contributed by atoms with Gasteiger partial charge in [-0.25, -0.2) is 0 Å². The lowest BCUT2D eigenvalue weighted by Gasteiger charge is -2.18.